The van der Waals surface area contributed by atoms with E-state index >= 15 is 0 Å². The van der Waals surface area contributed by atoms with E-state index in [9.17, 15) is 0 Å². The SMILES string of the molecule is CCC(C)NCCNCC1CCOC1. The molecule has 0 saturated carbocycles. The molecule has 0 aliphatic carbocycles. The van der Waals surface area contributed by atoms with Crippen LogP contribution in [0.15, 0.2) is 0 Å². The molecule has 1 fully saturated rings. The Morgan fingerprint density at radius 1 is 1.43 bits per heavy atom. The van der Waals surface area contributed by atoms with E-state index in [0.717, 1.165) is 38.8 Å². The Hall–Kier alpha value is -0.120. The molecule has 0 bridgehead atoms. The van der Waals surface area contributed by atoms with Crippen LogP contribution in [0.2, 0.25) is 0 Å². The van der Waals surface area contributed by atoms with Gasteiger partial charge >= 0.3 is 0 Å². The van der Waals surface area contributed by atoms with Crippen LogP contribution in [0.25, 0.3) is 0 Å². The lowest BCUT2D eigenvalue weighted by atomic mass is 10.1. The molecule has 0 aromatic rings. The Kier molecular flexibility index (Phi) is 6.15. The maximum Gasteiger partial charge on any atom is 0.0507 e. The van der Waals surface area contributed by atoms with Gasteiger partial charge in [0.05, 0.1) is 6.61 Å². The van der Waals surface area contributed by atoms with Crippen LogP contribution < -0.4 is 10.6 Å². The second-order valence-corrected chi connectivity index (χ2v) is 4.20. The second kappa shape index (κ2) is 7.21. The summed E-state index contributed by atoms with van der Waals surface area (Å²) in [4.78, 5) is 0. The van der Waals surface area contributed by atoms with Gasteiger partial charge in [-0.15, -0.1) is 0 Å². The molecule has 0 amide bonds. The van der Waals surface area contributed by atoms with E-state index in [0.29, 0.717) is 6.04 Å². The summed E-state index contributed by atoms with van der Waals surface area (Å²) < 4.78 is 5.31. The number of rotatable bonds is 7. The molecular weight excluding hydrogens is 176 g/mol. The van der Waals surface area contributed by atoms with E-state index in [1.807, 2.05) is 0 Å². The predicted molar refractivity (Wildman–Crippen MR) is 59.6 cm³/mol. The van der Waals surface area contributed by atoms with E-state index in [-0.39, 0.29) is 0 Å². The van der Waals surface area contributed by atoms with Gasteiger partial charge in [-0.05, 0) is 25.7 Å². The lowest BCUT2D eigenvalue weighted by molar-refractivity contribution is 0.185. The number of ether oxygens (including phenoxy) is 1. The van der Waals surface area contributed by atoms with Crippen LogP contribution in [0.5, 0.6) is 0 Å². The van der Waals surface area contributed by atoms with Gasteiger partial charge in [-0.25, -0.2) is 0 Å². The maximum atomic E-state index is 5.31. The summed E-state index contributed by atoms with van der Waals surface area (Å²) in [5, 5.41) is 6.93. The fourth-order valence-corrected chi connectivity index (χ4v) is 1.60. The molecule has 0 radical (unpaired) electrons. The lowest BCUT2D eigenvalue weighted by Crippen LogP contribution is -2.34. The summed E-state index contributed by atoms with van der Waals surface area (Å²) >= 11 is 0. The number of hydrogen-bond acceptors (Lipinski definition) is 3. The van der Waals surface area contributed by atoms with Crippen molar-refractivity contribution in [3.05, 3.63) is 0 Å². The summed E-state index contributed by atoms with van der Waals surface area (Å²) in [5.74, 6) is 0.749. The maximum absolute atomic E-state index is 5.31. The second-order valence-electron chi connectivity index (χ2n) is 4.20. The van der Waals surface area contributed by atoms with Crippen molar-refractivity contribution in [2.24, 2.45) is 5.92 Å². The Morgan fingerprint density at radius 3 is 2.93 bits per heavy atom. The van der Waals surface area contributed by atoms with Crippen molar-refractivity contribution in [1.29, 1.82) is 0 Å². The summed E-state index contributed by atoms with van der Waals surface area (Å²) in [6.07, 6.45) is 2.43. The number of nitrogens with one attached hydrogen (secondary N) is 2. The smallest absolute Gasteiger partial charge is 0.0507 e. The highest BCUT2D eigenvalue weighted by atomic mass is 16.5. The van der Waals surface area contributed by atoms with Crippen molar-refractivity contribution in [1.82, 2.24) is 10.6 Å². The van der Waals surface area contributed by atoms with Crippen LogP contribution in [-0.2, 0) is 4.74 Å². The molecule has 1 aliphatic rings. The molecule has 14 heavy (non-hydrogen) atoms. The predicted octanol–water partition coefficient (Wildman–Crippen LogP) is 1.00. The fourth-order valence-electron chi connectivity index (χ4n) is 1.60. The molecule has 0 spiro atoms. The van der Waals surface area contributed by atoms with Crippen molar-refractivity contribution in [2.45, 2.75) is 32.7 Å². The van der Waals surface area contributed by atoms with Crippen molar-refractivity contribution < 1.29 is 4.74 Å². The molecule has 2 N–H and O–H groups in total. The topological polar surface area (TPSA) is 33.3 Å². The van der Waals surface area contributed by atoms with Gasteiger partial charge in [-0.2, -0.15) is 0 Å². The molecule has 1 rings (SSSR count). The zero-order chi connectivity index (χ0) is 10.2. The van der Waals surface area contributed by atoms with Gasteiger partial charge in [0.2, 0.25) is 0 Å². The van der Waals surface area contributed by atoms with Crippen LogP contribution in [-0.4, -0.2) is 38.9 Å². The molecule has 1 heterocycles. The zero-order valence-electron chi connectivity index (χ0n) is 9.51. The third-order valence-corrected chi connectivity index (χ3v) is 2.86. The Labute approximate surface area is 87.6 Å². The first-order valence-corrected chi connectivity index (χ1v) is 5.84. The normalized spacial score (nSPS) is 24.0. The zero-order valence-corrected chi connectivity index (χ0v) is 9.51. The average molecular weight is 200 g/mol. The van der Waals surface area contributed by atoms with Gasteiger partial charge in [-0.1, -0.05) is 6.92 Å². The minimum Gasteiger partial charge on any atom is -0.381 e. The van der Waals surface area contributed by atoms with Gasteiger partial charge in [0.25, 0.3) is 0 Å². The monoisotopic (exact) mass is 200 g/mol. The molecular formula is C11H24N2O. The van der Waals surface area contributed by atoms with Gasteiger partial charge in [-0.3, -0.25) is 0 Å². The Balaban J connectivity index is 1.84. The molecule has 2 unspecified atom stereocenters. The minimum atomic E-state index is 0.645. The van der Waals surface area contributed by atoms with Gasteiger partial charge in [0, 0.05) is 32.3 Å². The molecule has 3 heteroatoms. The van der Waals surface area contributed by atoms with Crippen molar-refractivity contribution >= 4 is 0 Å². The van der Waals surface area contributed by atoms with Crippen molar-refractivity contribution in [3.8, 4) is 0 Å². The van der Waals surface area contributed by atoms with Crippen LogP contribution in [0.3, 0.4) is 0 Å². The molecule has 0 aromatic carbocycles. The van der Waals surface area contributed by atoms with E-state index in [1.165, 1.54) is 12.8 Å². The summed E-state index contributed by atoms with van der Waals surface area (Å²) in [5.41, 5.74) is 0. The molecule has 84 valence electrons. The largest absolute Gasteiger partial charge is 0.381 e. The van der Waals surface area contributed by atoms with E-state index in [4.69, 9.17) is 4.74 Å². The Morgan fingerprint density at radius 2 is 2.29 bits per heavy atom. The van der Waals surface area contributed by atoms with Crippen LogP contribution in [0.1, 0.15) is 26.7 Å². The number of hydrogen-bond donors (Lipinski definition) is 2. The van der Waals surface area contributed by atoms with Crippen molar-refractivity contribution in [2.75, 3.05) is 32.8 Å². The highest BCUT2D eigenvalue weighted by Crippen LogP contribution is 2.10. The first-order valence-electron chi connectivity index (χ1n) is 5.84. The molecule has 3 nitrogen and oxygen atoms in total. The van der Waals surface area contributed by atoms with Crippen LogP contribution in [0.4, 0.5) is 0 Å². The van der Waals surface area contributed by atoms with Gasteiger partial charge < -0.3 is 15.4 Å². The van der Waals surface area contributed by atoms with Gasteiger partial charge in [0.1, 0.15) is 0 Å². The molecule has 1 aliphatic heterocycles. The highest BCUT2D eigenvalue weighted by Gasteiger charge is 2.14. The Bertz CT molecular complexity index is 135. The standard InChI is InChI=1S/C11H24N2O/c1-3-10(2)13-6-5-12-8-11-4-7-14-9-11/h10-13H,3-9H2,1-2H3. The molecule has 2 atom stereocenters. The highest BCUT2D eigenvalue weighted by molar-refractivity contribution is 4.67. The van der Waals surface area contributed by atoms with E-state index in [2.05, 4.69) is 24.5 Å². The molecule has 1 saturated heterocycles. The fraction of sp³-hybridized carbons (Fsp3) is 1.00. The first-order chi connectivity index (χ1) is 6.83. The average Bonchev–Trinajstić information content (AvgIpc) is 2.69. The summed E-state index contributed by atoms with van der Waals surface area (Å²) in [6.45, 7) is 9.60. The summed E-state index contributed by atoms with van der Waals surface area (Å²) in [6, 6.07) is 0.645. The molecule has 0 aromatic heterocycles. The van der Waals surface area contributed by atoms with Gasteiger partial charge in [0.15, 0.2) is 0 Å². The third-order valence-electron chi connectivity index (χ3n) is 2.86. The van der Waals surface area contributed by atoms with Crippen molar-refractivity contribution in [3.63, 3.8) is 0 Å². The lowest BCUT2D eigenvalue weighted by Gasteiger charge is -2.13. The van der Waals surface area contributed by atoms with E-state index < -0.39 is 0 Å². The van der Waals surface area contributed by atoms with Crippen LogP contribution >= 0.6 is 0 Å². The third kappa shape index (κ3) is 4.94. The minimum absolute atomic E-state index is 0.645. The quantitative estimate of drug-likeness (QED) is 0.602. The first kappa shape index (κ1) is 12.0. The summed E-state index contributed by atoms with van der Waals surface area (Å²) in [7, 11) is 0. The van der Waals surface area contributed by atoms with Crippen LogP contribution in [0, 0.1) is 5.92 Å². The van der Waals surface area contributed by atoms with E-state index in [1.54, 1.807) is 0 Å².